The molecule has 0 spiro atoms. The highest BCUT2D eigenvalue weighted by atomic mass is 32.1. The molecule has 2 aromatic rings. The highest BCUT2D eigenvalue weighted by Crippen LogP contribution is 2.23. The minimum atomic E-state index is -1.00. The third-order valence-electron chi connectivity index (χ3n) is 3.38. The highest BCUT2D eigenvalue weighted by Gasteiger charge is 2.23. The predicted octanol–water partition coefficient (Wildman–Crippen LogP) is 2.49. The number of thiazole rings is 1. The van der Waals surface area contributed by atoms with Crippen molar-refractivity contribution >= 4 is 23.2 Å². The van der Waals surface area contributed by atoms with Crippen LogP contribution < -0.4 is 0 Å². The molecule has 6 nitrogen and oxygen atoms in total. The summed E-state index contributed by atoms with van der Waals surface area (Å²) in [5.41, 5.74) is 2.22. The maximum Gasteiger partial charge on any atom is 0.323 e. The van der Waals surface area contributed by atoms with Gasteiger partial charge in [-0.3, -0.25) is 14.2 Å². The molecule has 0 aliphatic rings. The van der Waals surface area contributed by atoms with Crippen LogP contribution in [0.15, 0.2) is 17.6 Å². The van der Waals surface area contributed by atoms with Crippen molar-refractivity contribution in [3.8, 4) is 5.13 Å². The second-order valence-corrected chi connectivity index (χ2v) is 5.93. The zero-order valence-electron chi connectivity index (χ0n) is 12.9. The molecule has 1 N–H and O–H groups in total. The summed E-state index contributed by atoms with van der Waals surface area (Å²) < 4.78 is 1.92. The lowest BCUT2D eigenvalue weighted by atomic mass is 10.2. The minimum Gasteiger partial charge on any atom is -0.480 e. The lowest BCUT2D eigenvalue weighted by molar-refractivity contribution is -0.137. The van der Waals surface area contributed by atoms with Gasteiger partial charge in [-0.2, -0.15) is 0 Å². The van der Waals surface area contributed by atoms with Gasteiger partial charge in [-0.15, -0.1) is 11.3 Å². The second-order valence-electron chi connectivity index (χ2n) is 5.06. The zero-order chi connectivity index (χ0) is 16.3. The molecule has 0 aliphatic heterocycles. The Balaban J connectivity index is 2.38. The number of rotatable bonds is 6. The highest BCUT2D eigenvalue weighted by molar-refractivity contribution is 7.12. The van der Waals surface area contributed by atoms with Crippen molar-refractivity contribution < 1.29 is 14.7 Å². The van der Waals surface area contributed by atoms with E-state index in [4.69, 9.17) is 5.11 Å². The van der Waals surface area contributed by atoms with E-state index in [1.165, 1.54) is 16.2 Å². The fraction of sp³-hybridized carbons (Fsp3) is 0.400. The Bertz CT molecular complexity index is 677. The van der Waals surface area contributed by atoms with E-state index < -0.39 is 5.97 Å². The number of aromatic nitrogens is 2. The third kappa shape index (κ3) is 3.19. The first-order chi connectivity index (χ1) is 10.5. The van der Waals surface area contributed by atoms with Crippen LogP contribution >= 0.6 is 11.3 Å². The summed E-state index contributed by atoms with van der Waals surface area (Å²) in [5.74, 6) is -1.25. The van der Waals surface area contributed by atoms with Crippen LogP contribution in [0.25, 0.3) is 5.13 Å². The smallest absolute Gasteiger partial charge is 0.323 e. The molecule has 2 aromatic heterocycles. The van der Waals surface area contributed by atoms with Crippen molar-refractivity contribution in [2.75, 3.05) is 13.1 Å². The van der Waals surface area contributed by atoms with Crippen LogP contribution in [0.1, 0.15) is 35.1 Å². The Kier molecular flexibility index (Phi) is 4.97. The Labute approximate surface area is 133 Å². The van der Waals surface area contributed by atoms with Gasteiger partial charge in [-0.05, 0) is 26.3 Å². The van der Waals surface area contributed by atoms with Gasteiger partial charge >= 0.3 is 5.97 Å². The maximum atomic E-state index is 12.7. The summed E-state index contributed by atoms with van der Waals surface area (Å²) in [5, 5.41) is 11.7. The third-order valence-corrected chi connectivity index (χ3v) is 4.14. The fourth-order valence-electron chi connectivity index (χ4n) is 2.46. The lowest BCUT2D eigenvalue weighted by Gasteiger charge is -2.20. The Morgan fingerprint density at radius 2 is 2.14 bits per heavy atom. The van der Waals surface area contributed by atoms with Crippen LogP contribution in [-0.4, -0.2) is 44.5 Å². The van der Waals surface area contributed by atoms with Gasteiger partial charge in [-0.25, -0.2) is 4.98 Å². The number of carbonyl (C=O) groups excluding carboxylic acids is 1. The lowest BCUT2D eigenvalue weighted by Crippen LogP contribution is -2.36. The van der Waals surface area contributed by atoms with Gasteiger partial charge in [0.05, 0.1) is 5.56 Å². The molecule has 0 aromatic carbocycles. The monoisotopic (exact) mass is 321 g/mol. The molecule has 0 radical (unpaired) electrons. The first-order valence-electron chi connectivity index (χ1n) is 7.05. The van der Waals surface area contributed by atoms with E-state index in [9.17, 15) is 9.59 Å². The molecule has 118 valence electrons. The van der Waals surface area contributed by atoms with Crippen LogP contribution in [0.3, 0.4) is 0 Å². The molecule has 2 rings (SSSR count). The number of hydrogen-bond acceptors (Lipinski definition) is 4. The van der Waals surface area contributed by atoms with Gasteiger partial charge in [0.25, 0.3) is 5.91 Å². The average Bonchev–Trinajstić information content (AvgIpc) is 3.05. The number of carboxylic acid groups (broad SMARTS) is 1. The normalized spacial score (nSPS) is 10.7. The van der Waals surface area contributed by atoms with E-state index >= 15 is 0 Å². The summed E-state index contributed by atoms with van der Waals surface area (Å²) in [6, 6.07) is 1.80. The summed E-state index contributed by atoms with van der Waals surface area (Å²) in [6.07, 6.45) is 2.43. The summed E-state index contributed by atoms with van der Waals surface area (Å²) in [4.78, 5) is 29.3. The number of carbonyl (C=O) groups is 2. The van der Waals surface area contributed by atoms with Gasteiger partial charge in [0.1, 0.15) is 6.54 Å². The van der Waals surface area contributed by atoms with Crippen molar-refractivity contribution in [2.45, 2.75) is 27.2 Å². The Morgan fingerprint density at radius 3 is 2.68 bits per heavy atom. The van der Waals surface area contributed by atoms with Crippen LogP contribution in [-0.2, 0) is 4.79 Å². The second kappa shape index (κ2) is 6.74. The molecule has 2 heterocycles. The number of aryl methyl sites for hydroxylation is 1. The van der Waals surface area contributed by atoms with E-state index in [0.717, 1.165) is 16.5 Å². The molecule has 22 heavy (non-hydrogen) atoms. The number of nitrogens with zero attached hydrogens (tertiary/aromatic N) is 3. The van der Waals surface area contributed by atoms with Crippen molar-refractivity contribution in [3.05, 3.63) is 34.6 Å². The van der Waals surface area contributed by atoms with Gasteiger partial charge in [0.2, 0.25) is 0 Å². The predicted molar refractivity (Wildman–Crippen MR) is 84.7 cm³/mol. The topological polar surface area (TPSA) is 75.4 Å². The van der Waals surface area contributed by atoms with Crippen LogP contribution in [0.5, 0.6) is 0 Å². The van der Waals surface area contributed by atoms with Crippen LogP contribution in [0.2, 0.25) is 0 Å². The number of aliphatic carboxylic acids is 1. The molecule has 0 aliphatic carbocycles. The first-order valence-corrected chi connectivity index (χ1v) is 7.93. The summed E-state index contributed by atoms with van der Waals surface area (Å²) in [7, 11) is 0. The quantitative estimate of drug-likeness (QED) is 0.887. The molecule has 1 amide bonds. The largest absolute Gasteiger partial charge is 0.480 e. The van der Waals surface area contributed by atoms with Gasteiger partial charge in [0.15, 0.2) is 5.13 Å². The van der Waals surface area contributed by atoms with Crippen molar-refractivity contribution in [2.24, 2.45) is 0 Å². The van der Waals surface area contributed by atoms with Crippen molar-refractivity contribution in [1.82, 2.24) is 14.5 Å². The van der Waals surface area contributed by atoms with E-state index in [1.54, 1.807) is 12.3 Å². The van der Waals surface area contributed by atoms with E-state index in [1.807, 2.05) is 30.7 Å². The number of carboxylic acids is 1. The van der Waals surface area contributed by atoms with Crippen LogP contribution in [0.4, 0.5) is 0 Å². The Hall–Kier alpha value is -2.15. The van der Waals surface area contributed by atoms with Crippen LogP contribution in [0, 0.1) is 13.8 Å². The zero-order valence-corrected chi connectivity index (χ0v) is 13.7. The Morgan fingerprint density at radius 1 is 1.41 bits per heavy atom. The van der Waals surface area contributed by atoms with E-state index in [-0.39, 0.29) is 12.5 Å². The molecular formula is C15H19N3O3S. The van der Waals surface area contributed by atoms with Crippen molar-refractivity contribution in [1.29, 1.82) is 0 Å². The average molecular weight is 321 g/mol. The molecule has 0 saturated heterocycles. The van der Waals surface area contributed by atoms with Gasteiger partial charge < -0.3 is 10.0 Å². The van der Waals surface area contributed by atoms with Gasteiger partial charge in [0, 0.05) is 29.5 Å². The SMILES string of the molecule is CCCN(CC(=O)O)C(=O)c1cc(C)n(-c2nccs2)c1C. The van der Waals surface area contributed by atoms with E-state index in [0.29, 0.717) is 18.5 Å². The molecule has 0 unspecified atom stereocenters. The molecule has 0 fully saturated rings. The fourth-order valence-corrected chi connectivity index (χ4v) is 3.21. The minimum absolute atomic E-state index is 0.250. The molecular weight excluding hydrogens is 302 g/mol. The first kappa shape index (κ1) is 16.2. The molecule has 0 bridgehead atoms. The van der Waals surface area contributed by atoms with Gasteiger partial charge in [-0.1, -0.05) is 6.92 Å². The summed E-state index contributed by atoms with van der Waals surface area (Å²) >= 11 is 1.49. The molecule has 0 saturated carbocycles. The molecule has 0 atom stereocenters. The maximum absolute atomic E-state index is 12.7. The van der Waals surface area contributed by atoms with E-state index in [2.05, 4.69) is 4.98 Å². The summed E-state index contributed by atoms with van der Waals surface area (Å²) in [6.45, 7) is 5.82. The standard InChI is InChI=1S/C15H19N3O3S/c1-4-6-17(9-13(19)20)14(21)12-8-10(2)18(11(12)3)15-16-5-7-22-15/h5,7-8H,4,6,9H2,1-3H3,(H,19,20). The number of amides is 1. The molecule has 7 heteroatoms. The van der Waals surface area contributed by atoms with Crippen molar-refractivity contribution in [3.63, 3.8) is 0 Å². The number of hydrogen-bond donors (Lipinski definition) is 1.